The summed E-state index contributed by atoms with van der Waals surface area (Å²) in [6.07, 6.45) is 5.11. The zero-order chi connectivity index (χ0) is 18.8. The van der Waals surface area contributed by atoms with Gasteiger partial charge in [0.1, 0.15) is 5.75 Å². The molecule has 0 aromatic heterocycles. The second-order valence-corrected chi connectivity index (χ2v) is 6.74. The second kappa shape index (κ2) is 10.7. The molecule has 1 amide bonds. The minimum Gasteiger partial charge on any atom is -0.497 e. The summed E-state index contributed by atoms with van der Waals surface area (Å²) < 4.78 is 5.20. The molecule has 1 aromatic rings. The maximum Gasteiger partial charge on any atom is 0.222 e. The Balaban J connectivity index is 1.84. The number of guanidine groups is 1. The van der Waals surface area contributed by atoms with Gasteiger partial charge in [0.2, 0.25) is 5.91 Å². The predicted molar refractivity (Wildman–Crippen MR) is 105 cm³/mol. The van der Waals surface area contributed by atoms with E-state index in [-0.39, 0.29) is 5.91 Å². The van der Waals surface area contributed by atoms with Gasteiger partial charge in [-0.3, -0.25) is 9.79 Å². The van der Waals surface area contributed by atoms with Crippen LogP contribution in [0.3, 0.4) is 0 Å². The molecule has 0 bridgehead atoms. The largest absolute Gasteiger partial charge is 0.497 e. The summed E-state index contributed by atoms with van der Waals surface area (Å²) in [6, 6.07) is 8.39. The van der Waals surface area contributed by atoms with Crippen LogP contribution in [0.5, 0.6) is 5.75 Å². The summed E-state index contributed by atoms with van der Waals surface area (Å²) in [5, 5.41) is 6.40. The van der Waals surface area contributed by atoms with E-state index < -0.39 is 0 Å². The van der Waals surface area contributed by atoms with E-state index >= 15 is 0 Å². The summed E-state index contributed by atoms with van der Waals surface area (Å²) in [6.45, 7) is 4.07. The van der Waals surface area contributed by atoms with Crippen molar-refractivity contribution in [1.29, 1.82) is 0 Å². The quantitative estimate of drug-likeness (QED) is 0.552. The van der Waals surface area contributed by atoms with E-state index in [1.807, 2.05) is 38.2 Å². The third-order valence-electron chi connectivity index (χ3n) is 4.60. The zero-order valence-electron chi connectivity index (χ0n) is 16.3. The van der Waals surface area contributed by atoms with Gasteiger partial charge in [0, 0.05) is 32.6 Å². The van der Waals surface area contributed by atoms with Crippen molar-refractivity contribution >= 4 is 11.9 Å². The molecule has 0 aliphatic heterocycles. The normalized spacial score (nSPS) is 15.0. The third kappa shape index (κ3) is 6.58. The lowest BCUT2D eigenvalue weighted by molar-refractivity contribution is -0.121. The van der Waals surface area contributed by atoms with Crippen molar-refractivity contribution in [2.24, 2.45) is 4.99 Å². The Morgan fingerprint density at radius 2 is 1.96 bits per heavy atom. The molecule has 1 aliphatic carbocycles. The first kappa shape index (κ1) is 20.1. The minimum atomic E-state index is 0.106. The van der Waals surface area contributed by atoms with Gasteiger partial charge in [0.05, 0.1) is 13.7 Å². The predicted octanol–water partition coefficient (Wildman–Crippen LogP) is 2.54. The summed E-state index contributed by atoms with van der Waals surface area (Å²) in [4.78, 5) is 18.7. The topological polar surface area (TPSA) is 66.0 Å². The maximum absolute atomic E-state index is 12.0. The molecule has 1 fully saturated rings. The average molecular weight is 361 g/mol. The van der Waals surface area contributed by atoms with Gasteiger partial charge in [0.25, 0.3) is 0 Å². The van der Waals surface area contributed by atoms with Gasteiger partial charge >= 0.3 is 0 Å². The monoisotopic (exact) mass is 360 g/mol. The van der Waals surface area contributed by atoms with Crippen molar-refractivity contribution in [1.82, 2.24) is 15.5 Å². The third-order valence-corrected chi connectivity index (χ3v) is 4.60. The number of nitrogens with zero attached hydrogens (tertiary/aromatic N) is 2. The lowest BCUT2D eigenvalue weighted by Gasteiger charge is -2.22. The van der Waals surface area contributed by atoms with Crippen LogP contribution in [-0.4, -0.2) is 50.1 Å². The van der Waals surface area contributed by atoms with Gasteiger partial charge in [-0.1, -0.05) is 25.0 Å². The molecule has 144 valence electrons. The molecular formula is C20H32N4O2. The molecule has 1 saturated carbocycles. The molecule has 0 unspecified atom stereocenters. The standard InChI is InChI=1S/C20H32N4O2/c1-4-21-20(22-14-13-19(25)23-17-7-5-6-8-17)24(2)15-16-9-11-18(26-3)12-10-16/h9-12,17H,4-8,13-15H2,1-3H3,(H,21,22)(H,23,25). The summed E-state index contributed by atoms with van der Waals surface area (Å²) in [5.41, 5.74) is 1.18. The van der Waals surface area contributed by atoms with Gasteiger partial charge in [-0.25, -0.2) is 0 Å². The zero-order valence-corrected chi connectivity index (χ0v) is 16.3. The van der Waals surface area contributed by atoms with Gasteiger partial charge in [0.15, 0.2) is 5.96 Å². The molecule has 26 heavy (non-hydrogen) atoms. The van der Waals surface area contributed by atoms with Crippen LogP contribution in [-0.2, 0) is 11.3 Å². The Kier molecular flexibility index (Phi) is 8.25. The Morgan fingerprint density at radius 3 is 2.58 bits per heavy atom. The highest BCUT2D eigenvalue weighted by Gasteiger charge is 2.16. The van der Waals surface area contributed by atoms with Crippen molar-refractivity contribution in [3.63, 3.8) is 0 Å². The molecule has 1 aliphatic rings. The van der Waals surface area contributed by atoms with Crippen molar-refractivity contribution in [3.05, 3.63) is 29.8 Å². The minimum absolute atomic E-state index is 0.106. The van der Waals surface area contributed by atoms with Gasteiger partial charge in [-0.15, -0.1) is 0 Å². The average Bonchev–Trinajstić information content (AvgIpc) is 3.14. The van der Waals surface area contributed by atoms with E-state index in [0.717, 1.165) is 37.6 Å². The van der Waals surface area contributed by atoms with E-state index in [9.17, 15) is 4.79 Å². The smallest absolute Gasteiger partial charge is 0.222 e. The van der Waals surface area contributed by atoms with Crippen molar-refractivity contribution in [2.75, 3.05) is 27.2 Å². The van der Waals surface area contributed by atoms with Crippen LogP contribution < -0.4 is 15.4 Å². The van der Waals surface area contributed by atoms with E-state index in [4.69, 9.17) is 4.74 Å². The Bertz CT molecular complexity index is 580. The fraction of sp³-hybridized carbons (Fsp3) is 0.600. The molecule has 2 N–H and O–H groups in total. The van der Waals surface area contributed by atoms with Crippen molar-refractivity contribution in [2.45, 2.75) is 51.6 Å². The molecule has 2 rings (SSSR count). The van der Waals surface area contributed by atoms with Crippen LogP contribution in [0.1, 0.15) is 44.6 Å². The number of carbonyl (C=O) groups excluding carboxylic acids is 1. The SMILES string of the molecule is CCNC(=NCCC(=O)NC1CCCC1)N(C)Cc1ccc(OC)cc1. The summed E-state index contributed by atoms with van der Waals surface area (Å²) in [5.74, 6) is 1.77. The Labute approximate surface area is 157 Å². The lowest BCUT2D eigenvalue weighted by Crippen LogP contribution is -2.39. The Hall–Kier alpha value is -2.24. The van der Waals surface area contributed by atoms with E-state index in [0.29, 0.717) is 19.0 Å². The number of carbonyl (C=O) groups is 1. The molecule has 0 saturated heterocycles. The van der Waals surface area contributed by atoms with Gasteiger partial charge < -0.3 is 20.3 Å². The number of ether oxygens (including phenoxy) is 1. The fourth-order valence-corrected chi connectivity index (χ4v) is 3.18. The molecule has 0 atom stereocenters. The van der Waals surface area contributed by atoms with E-state index in [1.54, 1.807) is 7.11 Å². The first-order valence-corrected chi connectivity index (χ1v) is 9.54. The number of hydrogen-bond acceptors (Lipinski definition) is 3. The van der Waals surface area contributed by atoms with Crippen LogP contribution in [0.15, 0.2) is 29.3 Å². The molecule has 6 heteroatoms. The highest BCUT2D eigenvalue weighted by Crippen LogP contribution is 2.17. The fourth-order valence-electron chi connectivity index (χ4n) is 3.18. The number of benzene rings is 1. The number of nitrogens with one attached hydrogen (secondary N) is 2. The molecular weight excluding hydrogens is 328 g/mol. The number of rotatable bonds is 8. The molecule has 6 nitrogen and oxygen atoms in total. The first-order chi connectivity index (χ1) is 12.6. The highest BCUT2D eigenvalue weighted by molar-refractivity contribution is 5.80. The number of amides is 1. The Morgan fingerprint density at radius 1 is 1.27 bits per heavy atom. The van der Waals surface area contributed by atoms with Crippen molar-refractivity contribution in [3.8, 4) is 5.75 Å². The maximum atomic E-state index is 12.0. The summed E-state index contributed by atoms with van der Waals surface area (Å²) in [7, 11) is 3.67. The number of methoxy groups -OCH3 is 1. The van der Waals surface area contributed by atoms with Crippen LogP contribution in [0.2, 0.25) is 0 Å². The summed E-state index contributed by atoms with van der Waals surface area (Å²) >= 11 is 0. The van der Waals surface area contributed by atoms with Crippen molar-refractivity contribution < 1.29 is 9.53 Å². The highest BCUT2D eigenvalue weighted by atomic mass is 16.5. The molecule has 1 aromatic carbocycles. The number of hydrogen-bond donors (Lipinski definition) is 2. The van der Waals surface area contributed by atoms with Crippen LogP contribution in [0, 0.1) is 0 Å². The van der Waals surface area contributed by atoms with Gasteiger partial charge in [-0.2, -0.15) is 0 Å². The second-order valence-electron chi connectivity index (χ2n) is 6.74. The first-order valence-electron chi connectivity index (χ1n) is 9.54. The lowest BCUT2D eigenvalue weighted by atomic mass is 10.2. The number of aliphatic imine (C=N–C) groups is 1. The molecule has 0 spiro atoms. The van der Waals surface area contributed by atoms with Crippen LogP contribution >= 0.6 is 0 Å². The molecule has 0 heterocycles. The van der Waals surface area contributed by atoms with E-state index in [2.05, 4.69) is 20.5 Å². The van der Waals surface area contributed by atoms with E-state index in [1.165, 1.54) is 18.4 Å². The molecule has 0 radical (unpaired) electrons. The van der Waals surface area contributed by atoms with Crippen LogP contribution in [0.25, 0.3) is 0 Å². The van der Waals surface area contributed by atoms with Crippen LogP contribution in [0.4, 0.5) is 0 Å². The van der Waals surface area contributed by atoms with Gasteiger partial charge in [-0.05, 0) is 37.5 Å².